The number of carboxylic acid groups (broad SMARTS) is 1. The summed E-state index contributed by atoms with van der Waals surface area (Å²) >= 11 is 0. The Morgan fingerprint density at radius 1 is 1.15 bits per heavy atom. The van der Waals surface area contributed by atoms with Crippen LogP contribution < -0.4 is 4.90 Å². The molecule has 0 spiro atoms. The number of rotatable bonds is 3. The Balaban J connectivity index is 1.72. The van der Waals surface area contributed by atoms with Crippen LogP contribution >= 0.6 is 0 Å². The van der Waals surface area contributed by atoms with Crippen LogP contribution in [0.4, 0.5) is 5.82 Å². The van der Waals surface area contributed by atoms with Crippen molar-refractivity contribution in [2.75, 3.05) is 31.1 Å². The van der Waals surface area contributed by atoms with E-state index in [-0.39, 0.29) is 5.69 Å². The molecule has 1 atom stereocenters. The molecule has 2 aliphatic heterocycles. The molecular formula is C14H20N4O2. The fourth-order valence-corrected chi connectivity index (χ4v) is 3.23. The minimum Gasteiger partial charge on any atom is -0.476 e. The standard InChI is InChI=1S/C14H20N4O2/c19-14(20)12-13(16-6-5-15-12)18-9-4-11(10-18)17-7-2-1-3-8-17/h5-6,11H,1-4,7-10H2,(H,19,20). The first-order chi connectivity index (χ1) is 9.75. The topological polar surface area (TPSA) is 69.6 Å². The Morgan fingerprint density at radius 3 is 2.65 bits per heavy atom. The number of nitrogens with zero attached hydrogens (tertiary/aromatic N) is 4. The maximum Gasteiger partial charge on any atom is 0.358 e. The van der Waals surface area contributed by atoms with Crippen LogP contribution in [0.25, 0.3) is 0 Å². The quantitative estimate of drug-likeness (QED) is 0.895. The van der Waals surface area contributed by atoms with Gasteiger partial charge in [0.25, 0.3) is 0 Å². The fraction of sp³-hybridized carbons (Fsp3) is 0.643. The van der Waals surface area contributed by atoms with E-state index in [4.69, 9.17) is 0 Å². The second kappa shape index (κ2) is 5.75. The van der Waals surface area contributed by atoms with E-state index in [0.29, 0.717) is 11.9 Å². The van der Waals surface area contributed by atoms with Gasteiger partial charge in [-0.05, 0) is 32.4 Å². The zero-order valence-corrected chi connectivity index (χ0v) is 11.5. The average molecular weight is 276 g/mol. The Morgan fingerprint density at radius 2 is 1.90 bits per heavy atom. The van der Waals surface area contributed by atoms with Crippen LogP contribution in [-0.4, -0.2) is 58.2 Å². The number of hydrogen-bond donors (Lipinski definition) is 1. The lowest BCUT2D eigenvalue weighted by atomic mass is 10.1. The number of hydrogen-bond acceptors (Lipinski definition) is 5. The predicted molar refractivity (Wildman–Crippen MR) is 75.0 cm³/mol. The van der Waals surface area contributed by atoms with E-state index in [9.17, 15) is 9.90 Å². The van der Waals surface area contributed by atoms with E-state index < -0.39 is 5.97 Å². The summed E-state index contributed by atoms with van der Waals surface area (Å²) in [4.78, 5) is 24.0. The summed E-state index contributed by atoms with van der Waals surface area (Å²) in [6.45, 7) is 4.06. The molecule has 108 valence electrons. The minimum atomic E-state index is -1.01. The van der Waals surface area contributed by atoms with Crippen LogP contribution in [0.2, 0.25) is 0 Å². The molecule has 0 aliphatic carbocycles. The molecule has 0 radical (unpaired) electrons. The molecule has 0 amide bonds. The van der Waals surface area contributed by atoms with Gasteiger partial charge in [-0.3, -0.25) is 4.90 Å². The van der Waals surface area contributed by atoms with Crippen molar-refractivity contribution in [3.05, 3.63) is 18.1 Å². The van der Waals surface area contributed by atoms with E-state index in [2.05, 4.69) is 19.8 Å². The van der Waals surface area contributed by atoms with Gasteiger partial charge in [0.2, 0.25) is 0 Å². The third-order valence-corrected chi connectivity index (χ3v) is 4.25. The van der Waals surface area contributed by atoms with Crippen molar-refractivity contribution in [3.63, 3.8) is 0 Å². The van der Waals surface area contributed by atoms with Crippen LogP contribution in [0.1, 0.15) is 36.2 Å². The van der Waals surface area contributed by atoms with Gasteiger partial charge in [0.15, 0.2) is 11.5 Å². The molecule has 6 heteroatoms. The van der Waals surface area contributed by atoms with E-state index >= 15 is 0 Å². The number of carbonyl (C=O) groups is 1. The SMILES string of the molecule is O=C(O)c1nccnc1N1CCC(N2CCCCC2)C1. The number of aromatic nitrogens is 2. The first-order valence-electron chi connectivity index (χ1n) is 7.29. The van der Waals surface area contributed by atoms with Gasteiger partial charge >= 0.3 is 5.97 Å². The summed E-state index contributed by atoms with van der Waals surface area (Å²) in [5.74, 6) is -0.492. The van der Waals surface area contributed by atoms with Crippen LogP contribution in [0, 0.1) is 0 Å². The Labute approximate surface area is 118 Å². The number of likely N-dealkylation sites (tertiary alicyclic amines) is 1. The Hall–Kier alpha value is -1.69. The maximum absolute atomic E-state index is 11.2. The Kier molecular flexibility index (Phi) is 3.82. The molecule has 1 aromatic rings. The second-order valence-electron chi connectivity index (χ2n) is 5.52. The molecule has 1 unspecified atom stereocenters. The van der Waals surface area contributed by atoms with Gasteiger partial charge in [-0.15, -0.1) is 0 Å². The smallest absolute Gasteiger partial charge is 0.358 e. The zero-order valence-electron chi connectivity index (χ0n) is 11.5. The third kappa shape index (κ3) is 2.60. The van der Waals surface area contributed by atoms with Gasteiger partial charge in [-0.25, -0.2) is 14.8 Å². The molecule has 0 bridgehead atoms. The van der Waals surface area contributed by atoms with Crippen molar-refractivity contribution in [3.8, 4) is 0 Å². The number of piperidine rings is 1. The van der Waals surface area contributed by atoms with Crippen molar-refractivity contribution < 1.29 is 9.90 Å². The van der Waals surface area contributed by atoms with Gasteiger partial charge in [0.05, 0.1) is 0 Å². The van der Waals surface area contributed by atoms with Gasteiger partial charge in [-0.1, -0.05) is 6.42 Å². The van der Waals surface area contributed by atoms with Crippen LogP contribution in [0.3, 0.4) is 0 Å². The summed E-state index contributed by atoms with van der Waals surface area (Å²) < 4.78 is 0. The lowest BCUT2D eigenvalue weighted by molar-refractivity contribution is 0.0690. The molecule has 20 heavy (non-hydrogen) atoms. The van der Waals surface area contributed by atoms with E-state index in [1.807, 2.05) is 0 Å². The predicted octanol–water partition coefficient (Wildman–Crippen LogP) is 1.24. The van der Waals surface area contributed by atoms with Gasteiger partial charge in [0.1, 0.15) is 0 Å². The summed E-state index contributed by atoms with van der Waals surface area (Å²) in [5.41, 5.74) is 0.0618. The Bertz CT molecular complexity index is 488. The summed E-state index contributed by atoms with van der Waals surface area (Å²) in [7, 11) is 0. The van der Waals surface area contributed by atoms with Gasteiger partial charge in [0, 0.05) is 31.5 Å². The summed E-state index contributed by atoms with van der Waals surface area (Å²) in [5, 5.41) is 9.20. The van der Waals surface area contributed by atoms with Gasteiger partial charge in [-0.2, -0.15) is 0 Å². The normalized spacial score (nSPS) is 24.0. The highest BCUT2D eigenvalue weighted by Gasteiger charge is 2.31. The van der Waals surface area contributed by atoms with Crippen LogP contribution in [0.15, 0.2) is 12.4 Å². The number of carboxylic acids is 1. The lowest BCUT2D eigenvalue weighted by Gasteiger charge is -2.32. The first kappa shape index (κ1) is 13.3. The molecule has 1 N–H and O–H groups in total. The molecule has 0 aromatic carbocycles. The van der Waals surface area contributed by atoms with Crippen molar-refractivity contribution in [2.24, 2.45) is 0 Å². The minimum absolute atomic E-state index is 0.0618. The molecule has 3 heterocycles. The molecule has 2 aliphatic rings. The van der Waals surface area contributed by atoms with Crippen molar-refractivity contribution >= 4 is 11.8 Å². The van der Waals surface area contributed by atoms with Crippen molar-refractivity contribution in [1.29, 1.82) is 0 Å². The summed E-state index contributed by atoms with van der Waals surface area (Å²) in [6, 6.07) is 0.527. The first-order valence-corrected chi connectivity index (χ1v) is 7.29. The highest BCUT2D eigenvalue weighted by atomic mass is 16.4. The molecule has 3 rings (SSSR count). The van der Waals surface area contributed by atoms with Crippen LogP contribution in [0.5, 0.6) is 0 Å². The van der Waals surface area contributed by atoms with Crippen molar-refractivity contribution in [1.82, 2.24) is 14.9 Å². The maximum atomic E-state index is 11.2. The average Bonchev–Trinajstić information content (AvgIpc) is 2.98. The highest BCUT2D eigenvalue weighted by Crippen LogP contribution is 2.25. The monoisotopic (exact) mass is 276 g/mol. The highest BCUT2D eigenvalue weighted by molar-refractivity contribution is 5.91. The molecule has 1 aromatic heterocycles. The van der Waals surface area contributed by atoms with Crippen molar-refractivity contribution in [2.45, 2.75) is 31.7 Å². The number of anilines is 1. The van der Waals surface area contributed by atoms with Gasteiger partial charge < -0.3 is 10.0 Å². The third-order valence-electron chi connectivity index (χ3n) is 4.25. The molecule has 2 saturated heterocycles. The largest absolute Gasteiger partial charge is 0.476 e. The fourth-order valence-electron chi connectivity index (χ4n) is 3.23. The van der Waals surface area contributed by atoms with E-state index in [1.54, 1.807) is 6.20 Å². The zero-order chi connectivity index (χ0) is 13.9. The summed E-state index contributed by atoms with van der Waals surface area (Å²) in [6.07, 6.45) is 7.97. The molecule has 0 saturated carbocycles. The number of aromatic carboxylic acids is 1. The second-order valence-corrected chi connectivity index (χ2v) is 5.52. The lowest BCUT2D eigenvalue weighted by Crippen LogP contribution is -2.41. The van der Waals surface area contributed by atoms with E-state index in [1.165, 1.54) is 38.5 Å². The molecule has 6 nitrogen and oxygen atoms in total. The molecular weight excluding hydrogens is 256 g/mol. The molecule has 2 fully saturated rings. The van der Waals surface area contributed by atoms with Crippen LogP contribution in [-0.2, 0) is 0 Å². The van der Waals surface area contributed by atoms with E-state index in [0.717, 1.165) is 19.5 Å².